The van der Waals surface area contributed by atoms with E-state index in [0.717, 1.165) is 32.1 Å². The normalized spacial score (nSPS) is 13.0. The third-order valence-electron chi connectivity index (χ3n) is 11.2. The Morgan fingerprint density at radius 3 is 1.02 bits per heavy atom. The minimum absolute atomic E-state index is 0.284. The lowest BCUT2D eigenvalue weighted by Gasteiger charge is -2.21. The Kier molecular flexibility index (Phi) is 9.67. The van der Waals surface area contributed by atoms with Gasteiger partial charge in [-0.1, -0.05) is 48.5 Å². The van der Waals surface area contributed by atoms with Crippen molar-refractivity contribution in [2.75, 3.05) is 49.7 Å². The van der Waals surface area contributed by atoms with E-state index in [2.05, 4.69) is 0 Å². The third-order valence-corrected chi connectivity index (χ3v) is 11.2. The Bertz CT molecular complexity index is 2810. The number of nitrogens with zero attached hydrogens (tertiary/aromatic N) is 2. The molecule has 0 aliphatic carbocycles. The number of carbonyl (C=O) groups is 4. The highest BCUT2D eigenvalue weighted by Gasteiger charge is 2.40. The van der Waals surface area contributed by atoms with Crippen LogP contribution in [0.2, 0.25) is 0 Å². The molecule has 0 bridgehead atoms. The first kappa shape index (κ1) is 39.1. The van der Waals surface area contributed by atoms with Crippen molar-refractivity contribution in [3.63, 3.8) is 0 Å². The number of benzene rings is 7. The van der Waals surface area contributed by atoms with Crippen LogP contribution in [0.3, 0.4) is 0 Å². The summed E-state index contributed by atoms with van der Waals surface area (Å²) in [5.74, 6) is -0.485. The van der Waals surface area contributed by atoms with Crippen LogP contribution in [0.25, 0.3) is 44.5 Å². The molecular formula is C50H38N4O8. The van der Waals surface area contributed by atoms with Crippen molar-refractivity contribution in [1.82, 2.24) is 0 Å². The molecule has 306 valence electrons. The molecule has 62 heavy (non-hydrogen) atoms. The molecule has 0 aromatic heterocycles. The summed E-state index contributed by atoms with van der Waals surface area (Å²) in [6.45, 7) is 0. The second kappa shape index (κ2) is 15.3. The highest BCUT2D eigenvalue weighted by Crippen LogP contribution is 2.48. The summed E-state index contributed by atoms with van der Waals surface area (Å²) >= 11 is 0. The molecule has 7 aromatic carbocycles. The number of hydrogen-bond donors (Lipinski definition) is 2. The molecule has 12 heteroatoms. The molecule has 0 unspecified atom stereocenters. The minimum atomic E-state index is -0.468. The van der Waals surface area contributed by atoms with Crippen molar-refractivity contribution < 1.29 is 38.1 Å². The van der Waals surface area contributed by atoms with Gasteiger partial charge in [0.15, 0.2) is 11.5 Å². The van der Waals surface area contributed by atoms with Gasteiger partial charge in [-0.25, -0.2) is 9.80 Å². The monoisotopic (exact) mass is 822 g/mol. The molecule has 2 aliphatic heterocycles. The summed E-state index contributed by atoms with van der Waals surface area (Å²) in [5, 5.41) is 0. The second-order valence-corrected chi connectivity index (χ2v) is 14.7. The van der Waals surface area contributed by atoms with Crippen LogP contribution in [0.4, 0.5) is 22.7 Å². The standard InChI is InChI=1S/C50H38N4O8/c1-59-43-25-31(11-21-41(43)53-47(55)37-17-9-29(23-39(37)49(53)57)27-5-13-33(51)14-6-27)35-19-20-36(46(62-4)45(35)61-3)32-12-22-42(44(26-32)60-2)54-48(56)38-18-10-30(24-40(38)50(54)58)28-7-15-34(52)16-8-28/h5-26H,51-52H2,1-4H3. The van der Waals surface area contributed by atoms with E-state index in [1.165, 1.54) is 28.4 Å². The van der Waals surface area contributed by atoms with Gasteiger partial charge in [0.2, 0.25) is 0 Å². The molecule has 0 fully saturated rings. The quantitative estimate of drug-likeness (QED) is 0.100. The highest BCUT2D eigenvalue weighted by molar-refractivity contribution is 6.36. The van der Waals surface area contributed by atoms with E-state index < -0.39 is 23.6 Å². The van der Waals surface area contributed by atoms with Gasteiger partial charge in [0.1, 0.15) is 11.5 Å². The van der Waals surface area contributed by atoms with Crippen LogP contribution in [-0.2, 0) is 0 Å². The van der Waals surface area contributed by atoms with Crippen molar-refractivity contribution in [3.05, 3.63) is 156 Å². The van der Waals surface area contributed by atoms with E-state index in [1.54, 1.807) is 97.1 Å². The van der Waals surface area contributed by atoms with Gasteiger partial charge >= 0.3 is 0 Å². The van der Waals surface area contributed by atoms with Gasteiger partial charge in [-0.15, -0.1) is 0 Å². The minimum Gasteiger partial charge on any atom is -0.495 e. The van der Waals surface area contributed by atoms with E-state index in [-0.39, 0.29) is 34.0 Å². The molecule has 0 spiro atoms. The average Bonchev–Trinajstić information content (AvgIpc) is 3.70. The highest BCUT2D eigenvalue weighted by atomic mass is 16.5. The number of imide groups is 2. The first-order valence-corrected chi connectivity index (χ1v) is 19.4. The lowest BCUT2D eigenvalue weighted by molar-refractivity contribution is 0.0909. The zero-order valence-corrected chi connectivity index (χ0v) is 34.0. The van der Waals surface area contributed by atoms with Crippen molar-refractivity contribution >= 4 is 46.4 Å². The Balaban J connectivity index is 1.02. The molecule has 12 nitrogen and oxygen atoms in total. The van der Waals surface area contributed by atoms with E-state index >= 15 is 0 Å². The maximum Gasteiger partial charge on any atom is 0.266 e. The Morgan fingerprint density at radius 1 is 0.339 bits per heavy atom. The summed E-state index contributed by atoms with van der Waals surface area (Å²) < 4.78 is 23.5. The molecule has 9 rings (SSSR count). The number of methoxy groups -OCH3 is 4. The number of hydrogen-bond acceptors (Lipinski definition) is 10. The molecule has 7 aromatic rings. The molecule has 0 saturated carbocycles. The number of carbonyl (C=O) groups excluding carboxylic acids is 4. The van der Waals surface area contributed by atoms with E-state index in [9.17, 15) is 19.2 Å². The summed E-state index contributed by atoms with van der Waals surface area (Å²) in [6, 6.07) is 39.0. The second-order valence-electron chi connectivity index (χ2n) is 14.7. The molecule has 0 saturated heterocycles. The van der Waals surface area contributed by atoms with Gasteiger partial charge in [-0.3, -0.25) is 19.2 Å². The van der Waals surface area contributed by atoms with Crippen molar-refractivity contribution in [2.45, 2.75) is 0 Å². The molecule has 0 radical (unpaired) electrons. The molecule has 4 N–H and O–H groups in total. The third kappa shape index (κ3) is 6.32. The lowest BCUT2D eigenvalue weighted by atomic mass is 9.96. The van der Waals surface area contributed by atoms with E-state index in [1.807, 2.05) is 36.4 Å². The van der Waals surface area contributed by atoms with Crippen LogP contribution in [0, 0.1) is 0 Å². The molecule has 0 atom stereocenters. The fourth-order valence-corrected chi connectivity index (χ4v) is 8.11. The number of amides is 4. The predicted octanol–water partition coefficient (Wildman–Crippen LogP) is 9.15. The van der Waals surface area contributed by atoms with Crippen LogP contribution >= 0.6 is 0 Å². The van der Waals surface area contributed by atoms with Crippen molar-refractivity contribution in [2.24, 2.45) is 0 Å². The first-order valence-electron chi connectivity index (χ1n) is 19.4. The topological polar surface area (TPSA) is 164 Å². The van der Waals surface area contributed by atoms with Crippen LogP contribution in [0.1, 0.15) is 41.4 Å². The summed E-state index contributed by atoms with van der Waals surface area (Å²) in [5.41, 5.74) is 20.6. The molecular weight excluding hydrogens is 785 g/mol. The summed E-state index contributed by atoms with van der Waals surface area (Å²) in [4.78, 5) is 57.4. The Morgan fingerprint density at radius 2 is 0.661 bits per heavy atom. The number of nitrogens with two attached hydrogens (primary N) is 2. The lowest BCUT2D eigenvalue weighted by Crippen LogP contribution is -2.29. The fraction of sp³-hybridized carbons (Fsp3) is 0.0800. The zero-order valence-electron chi connectivity index (χ0n) is 34.0. The number of fused-ring (bicyclic) bond motifs is 2. The maximum atomic E-state index is 13.9. The molecule has 2 aliphatic rings. The van der Waals surface area contributed by atoms with Gasteiger partial charge < -0.3 is 30.4 Å². The van der Waals surface area contributed by atoms with Crippen LogP contribution in [0.15, 0.2) is 133 Å². The molecule has 2 heterocycles. The summed E-state index contributed by atoms with van der Waals surface area (Å²) in [6.07, 6.45) is 0. The number of anilines is 4. The summed E-state index contributed by atoms with van der Waals surface area (Å²) in [7, 11) is 6.00. The molecule has 4 amide bonds. The fourth-order valence-electron chi connectivity index (χ4n) is 8.11. The van der Waals surface area contributed by atoms with Crippen LogP contribution in [-0.4, -0.2) is 52.1 Å². The van der Waals surface area contributed by atoms with Crippen LogP contribution in [0.5, 0.6) is 23.0 Å². The zero-order chi connectivity index (χ0) is 43.4. The SMILES string of the molecule is COc1cc(-c2ccc(-c3ccc(N4C(=O)c5ccc(-c6ccc(N)cc6)cc5C4=O)c(OC)c3)c(OC)c2OC)ccc1N1C(=O)c2ccc(-c3ccc(N)cc3)cc2C1=O. The average molecular weight is 823 g/mol. The van der Waals surface area contributed by atoms with Gasteiger partial charge in [0.05, 0.1) is 62.1 Å². The predicted molar refractivity (Wildman–Crippen MR) is 238 cm³/mol. The van der Waals surface area contributed by atoms with Gasteiger partial charge in [0.25, 0.3) is 23.6 Å². The first-order chi connectivity index (χ1) is 30.0. The smallest absolute Gasteiger partial charge is 0.266 e. The van der Waals surface area contributed by atoms with Gasteiger partial charge in [-0.2, -0.15) is 0 Å². The number of ether oxygens (including phenoxy) is 4. The number of nitrogen functional groups attached to an aromatic ring is 2. The van der Waals surface area contributed by atoms with E-state index in [0.29, 0.717) is 56.3 Å². The van der Waals surface area contributed by atoms with E-state index in [4.69, 9.17) is 30.4 Å². The van der Waals surface area contributed by atoms with Crippen molar-refractivity contribution in [1.29, 1.82) is 0 Å². The number of rotatable bonds is 10. The van der Waals surface area contributed by atoms with Gasteiger partial charge in [-0.05, 0) is 118 Å². The Hall–Kier alpha value is -8.38. The Labute approximate surface area is 356 Å². The largest absolute Gasteiger partial charge is 0.495 e. The van der Waals surface area contributed by atoms with Crippen LogP contribution < -0.4 is 40.2 Å². The van der Waals surface area contributed by atoms with Crippen molar-refractivity contribution in [3.8, 4) is 67.5 Å². The maximum absolute atomic E-state index is 13.9. The van der Waals surface area contributed by atoms with Gasteiger partial charge in [0, 0.05) is 22.5 Å².